The second-order valence-corrected chi connectivity index (χ2v) is 8.12. The van der Waals surface area contributed by atoms with Crippen LogP contribution in [-0.4, -0.2) is 46.9 Å². The second kappa shape index (κ2) is 9.67. The molecule has 9 nitrogen and oxygen atoms in total. The van der Waals surface area contributed by atoms with Crippen LogP contribution in [0.3, 0.4) is 0 Å². The van der Waals surface area contributed by atoms with Gasteiger partial charge in [0.2, 0.25) is 5.82 Å². The molecule has 0 unspecified atom stereocenters. The Morgan fingerprint density at radius 2 is 1.78 bits per heavy atom. The highest BCUT2D eigenvalue weighted by molar-refractivity contribution is 5.92. The first-order valence-electron chi connectivity index (χ1n) is 10.7. The molecule has 0 radical (unpaired) electrons. The summed E-state index contributed by atoms with van der Waals surface area (Å²) < 4.78 is 10.8. The monoisotopic (exact) mass is 436 g/mol. The van der Waals surface area contributed by atoms with Crippen molar-refractivity contribution in [2.45, 2.75) is 38.6 Å². The Morgan fingerprint density at radius 3 is 2.47 bits per heavy atom. The number of urea groups is 1. The third-order valence-corrected chi connectivity index (χ3v) is 5.91. The predicted molar refractivity (Wildman–Crippen MR) is 122 cm³/mol. The fraction of sp³-hybridized carbons (Fsp3) is 0.391. The van der Waals surface area contributed by atoms with Gasteiger partial charge in [-0.05, 0) is 72.2 Å². The number of carbonyl (C=O) groups is 1. The number of H-pyrrole nitrogens is 1. The number of tetrazole rings is 1. The van der Waals surface area contributed by atoms with Crippen molar-refractivity contribution in [1.29, 1.82) is 0 Å². The molecule has 2 amide bonds. The van der Waals surface area contributed by atoms with Crippen molar-refractivity contribution < 1.29 is 14.3 Å². The molecule has 0 atom stereocenters. The average Bonchev–Trinajstić information content (AvgIpc) is 3.35. The van der Waals surface area contributed by atoms with E-state index in [1.54, 1.807) is 14.2 Å². The number of benzene rings is 2. The number of methoxy groups -OCH3 is 2. The second-order valence-electron chi connectivity index (χ2n) is 8.12. The quantitative estimate of drug-likeness (QED) is 0.532. The molecule has 0 bridgehead atoms. The summed E-state index contributed by atoms with van der Waals surface area (Å²) in [6.07, 6.45) is 4.32. The van der Waals surface area contributed by atoms with Crippen molar-refractivity contribution >= 4 is 11.7 Å². The van der Waals surface area contributed by atoms with E-state index in [1.807, 2.05) is 36.4 Å². The number of hydrogen-bond acceptors (Lipinski definition) is 6. The zero-order chi connectivity index (χ0) is 22.5. The van der Waals surface area contributed by atoms with Crippen LogP contribution in [-0.2, 0) is 0 Å². The number of rotatable bonds is 6. The van der Waals surface area contributed by atoms with Crippen molar-refractivity contribution in [2.24, 2.45) is 5.92 Å². The summed E-state index contributed by atoms with van der Waals surface area (Å²) in [4.78, 5) is 12.6. The van der Waals surface area contributed by atoms with E-state index in [4.69, 9.17) is 9.47 Å². The summed E-state index contributed by atoms with van der Waals surface area (Å²) in [5.41, 5.74) is 3.15. The summed E-state index contributed by atoms with van der Waals surface area (Å²) in [5.74, 6) is 2.43. The molecule has 1 saturated carbocycles. The highest BCUT2D eigenvalue weighted by atomic mass is 16.5. The molecule has 1 aromatic heterocycles. The van der Waals surface area contributed by atoms with Crippen LogP contribution in [0.2, 0.25) is 0 Å². The lowest BCUT2D eigenvalue weighted by atomic mass is 9.87. The van der Waals surface area contributed by atoms with Gasteiger partial charge in [0.25, 0.3) is 0 Å². The topological polar surface area (TPSA) is 114 Å². The number of nitrogens with zero attached hydrogens (tertiary/aromatic N) is 3. The van der Waals surface area contributed by atoms with Gasteiger partial charge in [-0.25, -0.2) is 4.79 Å². The number of nitrogens with one attached hydrogen (secondary N) is 3. The average molecular weight is 437 g/mol. The van der Waals surface area contributed by atoms with E-state index in [0.717, 1.165) is 48.3 Å². The molecule has 3 N–H and O–H groups in total. The van der Waals surface area contributed by atoms with Crippen molar-refractivity contribution in [3.63, 3.8) is 0 Å². The van der Waals surface area contributed by atoms with Crippen LogP contribution in [0.25, 0.3) is 22.5 Å². The zero-order valence-electron chi connectivity index (χ0n) is 18.5. The van der Waals surface area contributed by atoms with E-state index in [0.29, 0.717) is 23.0 Å². The normalized spacial score (nSPS) is 18.1. The van der Waals surface area contributed by atoms with Gasteiger partial charge < -0.3 is 20.1 Å². The fourth-order valence-corrected chi connectivity index (χ4v) is 4.10. The van der Waals surface area contributed by atoms with Gasteiger partial charge in [-0.1, -0.05) is 19.1 Å². The molecular formula is C23H28N6O3. The van der Waals surface area contributed by atoms with Crippen LogP contribution < -0.4 is 20.1 Å². The minimum absolute atomic E-state index is 0.206. The summed E-state index contributed by atoms with van der Waals surface area (Å²) in [6.45, 7) is 2.26. The number of aromatic nitrogens is 4. The van der Waals surface area contributed by atoms with Gasteiger partial charge in [0, 0.05) is 17.3 Å². The lowest BCUT2D eigenvalue weighted by Gasteiger charge is -2.27. The molecule has 1 fully saturated rings. The summed E-state index contributed by atoms with van der Waals surface area (Å²) in [5, 5.41) is 20.5. The molecule has 1 heterocycles. The number of ether oxygens (including phenoxy) is 2. The molecule has 0 aliphatic heterocycles. The summed E-state index contributed by atoms with van der Waals surface area (Å²) >= 11 is 0. The van der Waals surface area contributed by atoms with E-state index in [9.17, 15) is 4.79 Å². The SMILES string of the molecule is COc1ccc(-c2ccc(NC(=O)NC3CCC(C)CC3)cc2-c2nn[nH]n2)cc1OC. The Bertz CT molecular complexity index is 1060. The number of anilines is 1. The van der Waals surface area contributed by atoms with Gasteiger partial charge >= 0.3 is 6.03 Å². The smallest absolute Gasteiger partial charge is 0.319 e. The van der Waals surface area contributed by atoms with Crippen molar-refractivity contribution in [3.05, 3.63) is 36.4 Å². The number of amides is 2. The van der Waals surface area contributed by atoms with Gasteiger partial charge in [-0.15, -0.1) is 10.2 Å². The Labute approximate surface area is 186 Å². The molecule has 1 aliphatic carbocycles. The van der Waals surface area contributed by atoms with E-state index in [-0.39, 0.29) is 12.1 Å². The molecule has 9 heteroatoms. The fourth-order valence-electron chi connectivity index (χ4n) is 4.10. The van der Waals surface area contributed by atoms with Crippen LogP contribution in [0.4, 0.5) is 10.5 Å². The first-order chi connectivity index (χ1) is 15.6. The minimum Gasteiger partial charge on any atom is -0.493 e. The highest BCUT2D eigenvalue weighted by Gasteiger charge is 2.20. The highest BCUT2D eigenvalue weighted by Crippen LogP contribution is 2.37. The molecule has 32 heavy (non-hydrogen) atoms. The maximum atomic E-state index is 12.6. The molecule has 168 valence electrons. The van der Waals surface area contributed by atoms with Gasteiger partial charge in [0.15, 0.2) is 11.5 Å². The largest absolute Gasteiger partial charge is 0.493 e. The first kappa shape index (κ1) is 21.6. The Balaban J connectivity index is 1.59. The first-order valence-corrected chi connectivity index (χ1v) is 10.7. The van der Waals surface area contributed by atoms with Gasteiger partial charge in [-0.3, -0.25) is 0 Å². The Hall–Kier alpha value is -3.62. The standard InChI is InChI=1S/C23H28N6O3/c1-14-4-7-16(8-5-14)24-23(30)25-17-9-10-18(19(13-17)22-26-28-29-27-22)15-6-11-20(31-2)21(12-15)32-3/h6,9-14,16H,4-5,7-8H2,1-3H3,(H2,24,25,30)(H,26,27,28,29). The lowest BCUT2D eigenvalue weighted by molar-refractivity contribution is 0.239. The Kier molecular flexibility index (Phi) is 6.53. The predicted octanol–water partition coefficient (Wildman–Crippen LogP) is 4.25. The molecular weight excluding hydrogens is 408 g/mol. The van der Waals surface area contributed by atoms with Gasteiger partial charge in [-0.2, -0.15) is 5.21 Å². The number of aromatic amines is 1. The van der Waals surface area contributed by atoms with E-state index in [1.165, 1.54) is 0 Å². The molecule has 0 saturated heterocycles. The third kappa shape index (κ3) is 4.82. The molecule has 0 spiro atoms. The maximum Gasteiger partial charge on any atom is 0.319 e. The van der Waals surface area contributed by atoms with Crippen molar-refractivity contribution in [1.82, 2.24) is 25.9 Å². The maximum absolute atomic E-state index is 12.6. The molecule has 1 aliphatic rings. The minimum atomic E-state index is -0.206. The van der Waals surface area contributed by atoms with E-state index in [2.05, 4.69) is 38.2 Å². The van der Waals surface area contributed by atoms with Crippen LogP contribution in [0.5, 0.6) is 11.5 Å². The Morgan fingerprint density at radius 1 is 1.00 bits per heavy atom. The van der Waals surface area contributed by atoms with Gasteiger partial charge in [0.1, 0.15) is 0 Å². The molecule has 3 aromatic rings. The molecule has 2 aromatic carbocycles. The van der Waals surface area contributed by atoms with Gasteiger partial charge in [0.05, 0.1) is 14.2 Å². The lowest BCUT2D eigenvalue weighted by Crippen LogP contribution is -2.39. The van der Waals surface area contributed by atoms with E-state index < -0.39 is 0 Å². The number of hydrogen-bond donors (Lipinski definition) is 3. The zero-order valence-corrected chi connectivity index (χ0v) is 18.5. The van der Waals surface area contributed by atoms with Crippen LogP contribution in [0.15, 0.2) is 36.4 Å². The number of carbonyl (C=O) groups excluding carboxylic acids is 1. The third-order valence-electron chi connectivity index (χ3n) is 5.91. The molecule has 4 rings (SSSR count). The van der Waals surface area contributed by atoms with Crippen molar-refractivity contribution in [3.8, 4) is 34.0 Å². The summed E-state index contributed by atoms with van der Waals surface area (Å²) in [7, 11) is 3.20. The van der Waals surface area contributed by atoms with Crippen LogP contribution in [0, 0.1) is 5.92 Å². The van der Waals surface area contributed by atoms with Crippen molar-refractivity contribution in [2.75, 3.05) is 19.5 Å². The summed E-state index contributed by atoms with van der Waals surface area (Å²) in [6, 6.07) is 11.3. The van der Waals surface area contributed by atoms with Crippen LogP contribution in [0.1, 0.15) is 32.6 Å². The van der Waals surface area contributed by atoms with E-state index >= 15 is 0 Å². The van der Waals surface area contributed by atoms with Crippen LogP contribution >= 0.6 is 0 Å².